The van der Waals surface area contributed by atoms with Crippen molar-refractivity contribution in [2.45, 2.75) is 26.0 Å². The van der Waals surface area contributed by atoms with Gasteiger partial charge in [-0.25, -0.2) is 0 Å². The molecular weight excluding hydrogens is 180 g/mol. The lowest BCUT2D eigenvalue weighted by Crippen LogP contribution is -1.95. The Morgan fingerprint density at radius 1 is 1.64 bits per heavy atom. The molecular formula is C10H16N2O2. The van der Waals surface area contributed by atoms with Gasteiger partial charge in [0.25, 0.3) is 0 Å². The molecule has 0 spiro atoms. The summed E-state index contributed by atoms with van der Waals surface area (Å²) in [6, 6.07) is 1.81. The molecule has 0 radical (unpaired) electrons. The minimum absolute atomic E-state index is 0.403. The summed E-state index contributed by atoms with van der Waals surface area (Å²) in [7, 11) is 0. The van der Waals surface area contributed by atoms with Crippen LogP contribution < -0.4 is 5.73 Å². The van der Waals surface area contributed by atoms with E-state index in [1.165, 1.54) is 0 Å². The minimum Gasteiger partial charge on any atom is -0.373 e. The van der Waals surface area contributed by atoms with E-state index in [1.54, 1.807) is 0 Å². The summed E-state index contributed by atoms with van der Waals surface area (Å²) in [5, 5.41) is 3.75. The summed E-state index contributed by atoms with van der Waals surface area (Å²) in [5.41, 5.74) is 6.14. The van der Waals surface area contributed by atoms with E-state index in [2.05, 4.69) is 11.7 Å². The van der Waals surface area contributed by atoms with Crippen LogP contribution in [0.25, 0.3) is 0 Å². The van der Waals surface area contributed by atoms with Gasteiger partial charge in [0.1, 0.15) is 6.61 Å². The SMILES string of the molecule is C=CCCCOCc1cc(CN)no1. The Bertz CT molecular complexity index is 271. The van der Waals surface area contributed by atoms with Crippen LogP contribution in [-0.2, 0) is 17.9 Å². The maximum atomic E-state index is 5.38. The first-order chi connectivity index (χ1) is 6.86. The van der Waals surface area contributed by atoms with Gasteiger partial charge in [0.2, 0.25) is 0 Å². The number of ether oxygens (including phenoxy) is 1. The molecule has 0 fully saturated rings. The Hall–Kier alpha value is -1.13. The van der Waals surface area contributed by atoms with Crippen molar-refractivity contribution in [3.05, 3.63) is 30.2 Å². The molecule has 78 valence electrons. The van der Waals surface area contributed by atoms with Crippen LogP contribution in [0.3, 0.4) is 0 Å². The topological polar surface area (TPSA) is 61.3 Å². The molecule has 0 bridgehead atoms. The van der Waals surface area contributed by atoms with Crippen molar-refractivity contribution >= 4 is 0 Å². The van der Waals surface area contributed by atoms with Gasteiger partial charge in [-0.05, 0) is 12.8 Å². The first-order valence-electron chi connectivity index (χ1n) is 4.70. The largest absolute Gasteiger partial charge is 0.373 e. The van der Waals surface area contributed by atoms with Crippen LogP contribution in [0.2, 0.25) is 0 Å². The van der Waals surface area contributed by atoms with E-state index in [0.717, 1.165) is 24.3 Å². The van der Waals surface area contributed by atoms with Crippen LogP contribution in [0, 0.1) is 0 Å². The predicted octanol–water partition coefficient (Wildman–Crippen LogP) is 1.62. The molecule has 0 aliphatic rings. The van der Waals surface area contributed by atoms with Gasteiger partial charge in [-0.1, -0.05) is 11.2 Å². The number of nitrogens with two attached hydrogens (primary N) is 1. The summed E-state index contributed by atoms with van der Waals surface area (Å²) >= 11 is 0. The average Bonchev–Trinajstić information content (AvgIpc) is 2.65. The lowest BCUT2D eigenvalue weighted by atomic mass is 10.3. The number of allylic oxidation sites excluding steroid dienone is 1. The van der Waals surface area contributed by atoms with Crippen molar-refractivity contribution in [2.24, 2.45) is 5.73 Å². The Kier molecular flexibility index (Phi) is 4.96. The van der Waals surface area contributed by atoms with E-state index < -0.39 is 0 Å². The summed E-state index contributed by atoms with van der Waals surface area (Å²) in [6.07, 6.45) is 3.84. The van der Waals surface area contributed by atoms with E-state index in [9.17, 15) is 0 Å². The van der Waals surface area contributed by atoms with E-state index in [1.807, 2.05) is 12.1 Å². The molecule has 1 heterocycles. The highest BCUT2D eigenvalue weighted by Crippen LogP contribution is 2.04. The molecule has 0 aliphatic heterocycles. The summed E-state index contributed by atoms with van der Waals surface area (Å²) in [6.45, 7) is 5.21. The molecule has 1 aromatic heterocycles. The number of hydrogen-bond acceptors (Lipinski definition) is 4. The van der Waals surface area contributed by atoms with Gasteiger partial charge in [0, 0.05) is 19.2 Å². The highest BCUT2D eigenvalue weighted by molar-refractivity contribution is 5.03. The molecule has 0 aliphatic carbocycles. The zero-order chi connectivity index (χ0) is 10.2. The van der Waals surface area contributed by atoms with Crippen LogP contribution in [0.1, 0.15) is 24.3 Å². The van der Waals surface area contributed by atoms with Gasteiger partial charge >= 0.3 is 0 Å². The minimum atomic E-state index is 0.403. The molecule has 1 aromatic rings. The normalized spacial score (nSPS) is 10.4. The summed E-state index contributed by atoms with van der Waals surface area (Å²) < 4.78 is 10.3. The lowest BCUT2D eigenvalue weighted by Gasteiger charge is -1.98. The highest BCUT2D eigenvalue weighted by atomic mass is 16.5. The fourth-order valence-corrected chi connectivity index (χ4v) is 1.02. The highest BCUT2D eigenvalue weighted by Gasteiger charge is 2.01. The molecule has 0 saturated carbocycles. The second-order valence-corrected chi connectivity index (χ2v) is 2.97. The molecule has 1 rings (SSSR count). The van der Waals surface area contributed by atoms with Gasteiger partial charge in [-0.15, -0.1) is 6.58 Å². The summed E-state index contributed by atoms with van der Waals surface area (Å²) in [4.78, 5) is 0. The van der Waals surface area contributed by atoms with E-state index in [-0.39, 0.29) is 0 Å². The van der Waals surface area contributed by atoms with Crippen molar-refractivity contribution in [1.29, 1.82) is 0 Å². The lowest BCUT2D eigenvalue weighted by molar-refractivity contribution is 0.0996. The quantitative estimate of drug-likeness (QED) is 0.531. The second-order valence-electron chi connectivity index (χ2n) is 2.97. The third-order valence-electron chi connectivity index (χ3n) is 1.76. The number of aromatic nitrogens is 1. The predicted molar refractivity (Wildman–Crippen MR) is 53.5 cm³/mol. The second kappa shape index (κ2) is 6.34. The number of rotatable bonds is 7. The Morgan fingerprint density at radius 3 is 3.14 bits per heavy atom. The van der Waals surface area contributed by atoms with Crippen molar-refractivity contribution in [1.82, 2.24) is 5.16 Å². The molecule has 0 amide bonds. The fourth-order valence-electron chi connectivity index (χ4n) is 1.02. The Labute approximate surface area is 83.7 Å². The number of hydrogen-bond donors (Lipinski definition) is 1. The zero-order valence-electron chi connectivity index (χ0n) is 8.24. The van der Waals surface area contributed by atoms with Gasteiger partial charge in [-0.2, -0.15) is 0 Å². The van der Waals surface area contributed by atoms with Crippen molar-refractivity contribution < 1.29 is 9.26 Å². The van der Waals surface area contributed by atoms with Crippen LogP contribution in [0.15, 0.2) is 23.2 Å². The van der Waals surface area contributed by atoms with Gasteiger partial charge in [0.05, 0.1) is 5.69 Å². The van der Waals surface area contributed by atoms with Crippen LogP contribution in [-0.4, -0.2) is 11.8 Å². The smallest absolute Gasteiger partial charge is 0.162 e. The van der Waals surface area contributed by atoms with Gasteiger partial charge < -0.3 is 15.0 Å². The standard InChI is InChI=1S/C10H16N2O2/c1-2-3-4-5-13-8-10-6-9(7-11)12-14-10/h2,6H,1,3-5,7-8,11H2. The molecule has 0 unspecified atom stereocenters. The molecule has 4 nitrogen and oxygen atoms in total. The van der Waals surface area contributed by atoms with Gasteiger partial charge in [0.15, 0.2) is 5.76 Å². The molecule has 0 atom stereocenters. The monoisotopic (exact) mass is 196 g/mol. The number of nitrogens with zero attached hydrogens (tertiary/aromatic N) is 1. The molecule has 14 heavy (non-hydrogen) atoms. The fraction of sp³-hybridized carbons (Fsp3) is 0.500. The molecule has 4 heteroatoms. The zero-order valence-corrected chi connectivity index (χ0v) is 8.24. The van der Waals surface area contributed by atoms with E-state index in [4.69, 9.17) is 15.0 Å². The van der Waals surface area contributed by atoms with Crippen molar-refractivity contribution in [2.75, 3.05) is 6.61 Å². The van der Waals surface area contributed by atoms with E-state index >= 15 is 0 Å². The van der Waals surface area contributed by atoms with Gasteiger partial charge in [-0.3, -0.25) is 0 Å². The molecule has 2 N–H and O–H groups in total. The first kappa shape index (κ1) is 10.9. The third-order valence-corrected chi connectivity index (χ3v) is 1.76. The van der Waals surface area contributed by atoms with Crippen molar-refractivity contribution in [3.63, 3.8) is 0 Å². The molecule has 0 aromatic carbocycles. The van der Waals surface area contributed by atoms with Crippen LogP contribution >= 0.6 is 0 Å². The molecule has 0 saturated heterocycles. The van der Waals surface area contributed by atoms with E-state index in [0.29, 0.717) is 19.8 Å². The van der Waals surface area contributed by atoms with Crippen LogP contribution in [0.5, 0.6) is 0 Å². The summed E-state index contributed by atoms with van der Waals surface area (Å²) in [5.74, 6) is 0.726. The van der Waals surface area contributed by atoms with Crippen molar-refractivity contribution in [3.8, 4) is 0 Å². The maximum absolute atomic E-state index is 5.38. The first-order valence-corrected chi connectivity index (χ1v) is 4.70. The Morgan fingerprint density at radius 2 is 2.50 bits per heavy atom. The third kappa shape index (κ3) is 3.72. The average molecular weight is 196 g/mol. The number of unbranched alkanes of at least 4 members (excludes halogenated alkanes) is 1. The maximum Gasteiger partial charge on any atom is 0.162 e. The van der Waals surface area contributed by atoms with Crippen LogP contribution in [0.4, 0.5) is 0 Å². The Balaban J connectivity index is 2.14.